The van der Waals surface area contributed by atoms with Gasteiger partial charge < -0.3 is 10.5 Å². The number of halogens is 1. The lowest BCUT2D eigenvalue weighted by Crippen LogP contribution is -2.12. The molecule has 1 atom stereocenters. The predicted molar refractivity (Wildman–Crippen MR) is 59.3 cm³/mol. The maximum Gasteiger partial charge on any atom is 0.169 e. The summed E-state index contributed by atoms with van der Waals surface area (Å²) in [7, 11) is 1.44. The van der Waals surface area contributed by atoms with Gasteiger partial charge in [0.05, 0.1) is 7.11 Å². The van der Waals surface area contributed by atoms with Crippen molar-refractivity contribution in [2.45, 2.75) is 18.9 Å². The molecule has 0 spiro atoms. The Labute approximate surface area is 89.6 Å². The van der Waals surface area contributed by atoms with Crippen LogP contribution in [0, 0.1) is 5.82 Å². The zero-order valence-electron chi connectivity index (χ0n) is 8.87. The van der Waals surface area contributed by atoms with Gasteiger partial charge in [-0.1, -0.05) is 18.2 Å². The van der Waals surface area contributed by atoms with Crippen molar-refractivity contribution in [1.29, 1.82) is 0 Å². The van der Waals surface area contributed by atoms with Crippen LogP contribution in [-0.4, -0.2) is 7.11 Å². The van der Waals surface area contributed by atoms with Gasteiger partial charge in [0, 0.05) is 11.6 Å². The summed E-state index contributed by atoms with van der Waals surface area (Å²) in [6.45, 7) is 3.61. The van der Waals surface area contributed by atoms with E-state index in [1.54, 1.807) is 24.3 Å². The highest BCUT2D eigenvalue weighted by Crippen LogP contribution is 2.25. The zero-order valence-corrected chi connectivity index (χ0v) is 8.87. The van der Waals surface area contributed by atoms with Crippen LogP contribution in [0.15, 0.2) is 30.9 Å². The lowest BCUT2D eigenvalue weighted by Gasteiger charge is -2.13. The summed E-state index contributed by atoms with van der Waals surface area (Å²) >= 11 is 0. The van der Waals surface area contributed by atoms with Gasteiger partial charge >= 0.3 is 0 Å². The van der Waals surface area contributed by atoms with Crippen molar-refractivity contribution in [2.75, 3.05) is 7.11 Å². The molecule has 15 heavy (non-hydrogen) atoms. The zero-order chi connectivity index (χ0) is 11.3. The number of methoxy groups -OCH3 is 1. The molecule has 0 heterocycles. The average molecular weight is 209 g/mol. The van der Waals surface area contributed by atoms with Crippen molar-refractivity contribution in [1.82, 2.24) is 0 Å². The molecule has 1 aromatic carbocycles. The largest absolute Gasteiger partial charge is 0.494 e. The normalized spacial score (nSPS) is 12.2. The summed E-state index contributed by atoms with van der Waals surface area (Å²) in [5.74, 6) is -0.127. The summed E-state index contributed by atoms with van der Waals surface area (Å²) < 4.78 is 18.6. The van der Waals surface area contributed by atoms with Gasteiger partial charge in [0.1, 0.15) is 0 Å². The number of nitrogens with two attached hydrogens (primary N) is 1. The third-order valence-corrected chi connectivity index (χ3v) is 2.29. The molecule has 2 N–H and O–H groups in total. The molecule has 0 bridgehead atoms. The summed E-state index contributed by atoms with van der Waals surface area (Å²) in [5, 5.41) is 0. The van der Waals surface area contributed by atoms with Gasteiger partial charge in [-0.2, -0.15) is 0 Å². The van der Waals surface area contributed by atoms with Crippen molar-refractivity contribution in [3.8, 4) is 5.75 Å². The van der Waals surface area contributed by atoms with Crippen molar-refractivity contribution < 1.29 is 9.13 Å². The maximum absolute atomic E-state index is 13.7. The second-order valence-corrected chi connectivity index (χ2v) is 3.34. The third kappa shape index (κ3) is 2.80. The highest BCUT2D eigenvalue weighted by molar-refractivity contribution is 5.32. The first-order valence-corrected chi connectivity index (χ1v) is 4.89. The van der Waals surface area contributed by atoms with Gasteiger partial charge in [0.15, 0.2) is 11.6 Å². The fourth-order valence-electron chi connectivity index (χ4n) is 1.42. The van der Waals surface area contributed by atoms with E-state index < -0.39 is 0 Å². The molecular formula is C12H16FNO. The Morgan fingerprint density at radius 3 is 2.93 bits per heavy atom. The summed E-state index contributed by atoms with van der Waals surface area (Å²) in [4.78, 5) is 0. The van der Waals surface area contributed by atoms with E-state index in [0.29, 0.717) is 12.0 Å². The van der Waals surface area contributed by atoms with Crippen LogP contribution in [-0.2, 0) is 0 Å². The smallest absolute Gasteiger partial charge is 0.169 e. The van der Waals surface area contributed by atoms with Gasteiger partial charge in [-0.25, -0.2) is 4.39 Å². The van der Waals surface area contributed by atoms with E-state index >= 15 is 0 Å². The van der Waals surface area contributed by atoms with Crippen LogP contribution in [0.5, 0.6) is 5.75 Å². The SMILES string of the molecule is C=CCC[C@@H](N)c1cccc(OC)c1F. The summed E-state index contributed by atoms with van der Waals surface area (Å²) in [6.07, 6.45) is 3.24. The van der Waals surface area contributed by atoms with E-state index in [1.165, 1.54) is 7.11 Å². The molecule has 0 saturated carbocycles. The second kappa shape index (κ2) is 5.51. The third-order valence-electron chi connectivity index (χ3n) is 2.29. The fourth-order valence-corrected chi connectivity index (χ4v) is 1.42. The topological polar surface area (TPSA) is 35.2 Å². The quantitative estimate of drug-likeness (QED) is 0.757. The monoisotopic (exact) mass is 209 g/mol. The minimum absolute atomic E-state index is 0.238. The molecule has 1 rings (SSSR count). The van der Waals surface area contributed by atoms with Crippen molar-refractivity contribution in [3.05, 3.63) is 42.2 Å². The molecule has 1 aromatic rings. The fraction of sp³-hybridized carbons (Fsp3) is 0.333. The van der Waals surface area contributed by atoms with Crippen LogP contribution < -0.4 is 10.5 Å². The van der Waals surface area contributed by atoms with Crippen molar-refractivity contribution in [2.24, 2.45) is 5.73 Å². The first-order valence-electron chi connectivity index (χ1n) is 4.89. The first kappa shape index (κ1) is 11.7. The van der Waals surface area contributed by atoms with Crippen LogP contribution in [0.25, 0.3) is 0 Å². The van der Waals surface area contributed by atoms with Crippen molar-refractivity contribution in [3.63, 3.8) is 0 Å². The Morgan fingerprint density at radius 1 is 1.60 bits per heavy atom. The lowest BCUT2D eigenvalue weighted by molar-refractivity contribution is 0.381. The molecule has 3 heteroatoms. The average Bonchev–Trinajstić information content (AvgIpc) is 2.26. The van der Waals surface area contributed by atoms with Gasteiger partial charge in [-0.3, -0.25) is 0 Å². The number of rotatable bonds is 5. The Bertz CT molecular complexity index is 338. The first-order chi connectivity index (χ1) is 7.20. The minimum atomic E-state index is -0.364. The molecule has 0 aliphatic rings. The molecule has 2 nitrogen and oxygen atoms in total. The molecule has 0 aliphatic carbocycles. The molecule has 0 radical (unpaired) electrons. The van der Waals surface area contributed by atoms with Gasteiger partial charge in [-0.05, 0) is 18.9 Å². The molecule has 0 fully saturated rings. The Balaban J connectivity index is 2.88. The van der Waals surface area contributed by atoms with Crippen LogP contribution in [0.1, 0.15) is 24.4 Å². The standard InChI is InChI=1S/C12H16FNO/c1-3-4-7-10(14)9-6-5-8-11(15-2)12(9)13/h3,5-6,8,10H,1,4,7,14H2,2H3/t10-/m1/s1. The Hall–Kier alpha value is -1.35. The summed E-state index contributed by atoms with van der Waals surface area (Å²) in [6, 6.07) is 4.70. The Morgan fingerprint density at radius 2 is 2.33 bits per heavy atom. The van der Waals surface area contributed by atoms with E-state index in [4.69, 9.17) is 10.5 Å². The van der Waals surface area contributed by atoms with Crippen LogP contribution in [0.2, 0.25) is 0 Å². The van der Waals surface area contributed by atoms with Crippen LogP contribution >= 0.6 is 0 Å². The highest BCUT2D eigenvalue weighted by atomic mass is 19.1. The van der Waals surface area contributed by atoms with E-state index in [1.807, 2.05) is 0 Å². The van der Waals surface area contributed by atoms with E-state index in [-0.39, 0.29) is 17.6 Å². The van der Waals surface area contributed by atoms with Gasteiger partial charge in [0.25, 0.3) is 0 Å². The number of hydrogen-bond acceptors (Lipinski definition) is 2. The van der Waals surface area contributed by atoms with E-state index in [9.17, 15) is 4.39 Å². The maximum atomic E-state index is 13.7. The molecule has 82 valence electrons. The second-order valence-electron chi connectivity index (χ2n) is 3.34. The van der Waals surface area contributed by atoms with Crippen molar-refractivity contribution >= 4 is 0 Å². The molecule has 0 aliphatic heterocycles. The predicted octanol–water partition coefficient (Wildman–Crippen LogP) is 2.80. The number of allylic oxidation sites excluding steroid dienone is 1. The van der Waals surface area contributed by atoms with Crippen LogP contribution in [0.4, 0.5) is 4.39 Å². The van der Waals surface area contributed by atoms with Gasteiger partial charge in [0.2, 0.25) is 0 Å². The van der Waals surface area contributed by atoms with Gasteiger partial charge in [-0.15, -0.1) is 6.58 Å². The minimum Gasteiger partial charge on any atom is -0.494 e. The molecule has 0 aromatic heterocycles. The van der Waals surface area contributed by atoms with Crippen LogP contribution in [0.3, 0.4) is 0 Å². The number of hydrogen-bond donors (Lipinski definition) is 1. The Kier molecular flexibility index (Phi) is 4.31. The summed E-state index contributed by atoms with van der Waals surface area (Å²) in [5.41, 5.74) is 6.36. The lowest BCUT2D eigenvalue weighted by atomic mass is 10.0. The van der Waals surface area contributed by atoms with E-state index in [2.05, 4.69) is 6.58 Å². The number of ether oxygens (including phenoxy) is 1. The van der Waals surface area contributed by atoms with E-state index in [0.717, 1.165) is 6.42 Å². The highest BCUT2D eigenvalue weighted by Gasteiger charge is 2.13. The molecular weight excluding hydrogens is 193 g/mol. The molecule has 0 unspecified atom stereocenters. The molecule has 0 saturated heterocycles. The molecule has 0 amide bonds. The number of benzene rings is 1.